The lowest BCUT2D eigenvalue weighted by molar-refractivity contribution is 0.253. The summed E-state index contributed by atoms with van der Waals surface area (Å²) < 4.78 is 13.6. The van der Waals surface area contributed by atoms with Crippen molar-refractivity contribution in [1.82, 2.24) is 0 Å². The highest BCUT2D eigenvalue weighted by molar-refractivity contribution is 6.30. The Hall–Kier alpha value is -0.760. The maximum atomic E-state index is 13.6. The van der Waals surface area contributed by atoms with Crippen molar-refractivity contribution in [3.05, 3.63) is 29.0 Å². The molecule has 0 aliphatic heterocycles. The van der Waals surface area contributed by atoms with Gasteiger partial charge in [-0.25, -0.2) is 4.39 Å². The van der Waals surface area contributed by atoms with Crippen molar-refractivity contribution in [3.63, 3.8) is 0 Å². The first-order valence-electron chi connectivity index (χ1n) is 6.29. The molecule has 2 rings (SSSR count). The summed E-state index contributed by atoms with van der Waals surface area (Å²) in [5, 5.41) is 3.89. The molecule has 1 aliphatic carbocycles. The van der Waals surface area contributed by atoms with Gasteiger partial charge in [0, 0.05) is 11.1 Å². The van der Waals surface area contributed by atoms with E-state index >= 15 is 0 Å². The zero-order valence-electron chi connectivity index (χ0n) is 10.3. The maximum absolute atomic E-state index is 13.6. The molecule has 0 spiro atoms. The molecule has 0 aromatic heterocycles. The number of benzene rings is 1. The van der Waals surface area contributed by atoms with Crippen molar-refractivity contribution in [3.8, 4) is 0 Å². The summed E-state index contributed by atoms with van der Waals surface area (Å²) in [6, 6.07) is 5.02. The van der Waals surface area contributed by atoms with E-state index in [1.54, 1.807) is 12.1 Å². The number of anilines is 1. The Morgan fingerprint density at radius 3 is 2.82 bits per heavy atom. The van der Waals surface area contributed by atoms with E-state index in [4.69, 9.17) is 11.6 Å². The van der Waals surface area contributed by atoms with Gasteiger partial charge in [0.15, 0.2) is 0 Å². The number of halogens is 2. The molecule has 1 N–H and O–H groups in total. The van der Waals surface area contributed by atoms with Crippen molar-refractivity contribution in [2.24, 2.45) is 11.8 Å². The van der Waals surface area contributed by atoms with Crippen LogP contribution in [0.25, 0.3) is 0 Å². The van der Waals surface area contributed by atoms with Crippen LogP contribution >= 0.6 is 11.6 Å². The lowest BCUT2D eigenvalue weighted by Crippen LogP contribution is -2.35. The van der Waals surface area contributed by atoms with Crippen molar-refractivity contribution in [2.45, 2.75) is 39.2 Å². The van der Waals surface area contributed by atoms with Crippen LogP contribution in [0, 0.1) is 17.7 Å². The number of nitrogens with one attached hydrogen (secondary N) is 1. The van der Waals surface area contributed by atoms with Gasteiger partial charge in [-0.1, -0.05) is 38.3 Å². The Labute approximate surface area is 107 Å². The van der Waals surface area contributed by atoms with E-state index < -0.39 is 0 Å². The Balaban J connectivity index is 2.11. The van der Waals surface area contributed by atoms with Crippen LogP contribution in [0.15, 0.2) is 18.2 Å². The van der Waals surface area contributed by atoms with E-state index in [9.17, 15) is 4.39 Å². The quantitative estimate of drug-likeness (QED) is 0.807. The first kappa shape index (κ1) is 12.7. The average Bonchev–Trinajstić information content (AvgIpc) is 2.30. The van der Waals surface area contributed by atoms with Gasteiger partial charge in [0.05, 0.1) is 5.69 Å². The van der Waals surface area contributed by atoms with Crippen LogP contribution in [-0.2, 0) is 0 Å². The zero-order valence-corrected chi connectivity index (χ0v) is 11.1. The fourth-order valence-electron chi connectivity index (χ4n) is 2.59. The summed E-state index contributed by atoms with van der Waals surface area (Å²) >= 11 is 5.89. The lowest BCUT2D eigenvalue weighted by Gasteiger charge is -2.35. The van der Waals surface area contributed by atoms with E-state index in [1.807, 2.05) is 0 Å². The summed E-state index contributed by atoms with van der Waals surface area (Å²) in [6.07, 6.45) is 3.60. The van der Waals surface area contributed by atoms with Crippen molar-refractivity contribution >= 4 is 17.3 Å². The van der Waals surface area contributed by atoms with E-state index in [2.05, 4.69) is 19.2 Å². The van der Waals surface area contributed by atoms with E-state index in [1.165, 1.54) is 18.9 Å². The van der Waals surface area contributed by atoms with Gasteiger partial charge in [-0.2, -0.15) is 0 Å². The van der Waals surface area contributed by atoms with E-state index in [0.717, 1.165) is 6.42 Å². The molecule has 1 saturated carbocycles. The van der Waals surface area contributed by atoms with Gasteiger partial charge in [-0.05, 0) is 36.5 Å². The van der Waals surface area contributed by atoms with Crippen LogP contribution in [0.5, 0.6) is 0 Å². The van der Waals surface area contributed by atoms with Crippen LogP contribution in [0.1, 0.15) is 33.1 Å². The number of hydrogen-bond donors (Lipinski definition) is 1. The molecule has 94 valence electrons. The summed E-state index contributed by atoms with van der Waals surface area (Å²) in [5.74, 6) is 1.05. The molecule has 3 heteroatoms. The largest absolute Gasteiger partial charge is 0.380 e. The predicted molar refractivity (Wildman–Crippen MR) is 71.0 cm³/mol. The molecular formula is C14H19ClFN. The molecule has 0 bridgehead atoms. The van der Waals surface area contributed by atoms with Gasteiger partial charge in [0.25, 0.3) is 0 Å². The summed E-state index contributed by atoms with van der Waals surface area (Å²) in [6.45, 7) is 4.51. The Kier molecular flexibility index (Phi) is 3.93. The average molecular weight is 256 g/mol. The standard InChI is InChI=1S/C14H19ClFN/c1-9-4-3-5-13(10(9)2)17-14-8-11(15)6-7-12(14)16/h6-10,13,17H,3-5H2,1-2H3. The second kappa shape index (κ2) is 5.26. The van der Waals surface area contributed by atoms with Gasteiger partial charge in [-0.3, -0.25) is 0 Å². The first-order chi connectivity index (χ1) is 8.08. The highest BCUT2D eigenvalue weighted by Crippen LogP contribution is 2.32. The van der Waals surface area contributed by atoms with Gasteiger partial charge >= 0.3 is 0 Å². The third-order valence-corrected chi connectivity index (χ3v) is 4.21. The first-order valence-corrected chi connectivity index (χ1v) is 6.67. The van der Waals surface area contributed by atoms with Crippen LogP contribution in [-0.4, -0.2) is 6.04 Å². The molecule has 0 radical (unpaired) electrons. The Morgan fingerprint density at radius 2 is 2.06 bits per heavy atom. The highest BCUT2D eigenvalue weighted by Gasteiger charge is 2.27. The molecule has 1 aromatic carbocycles. The zero-order chi connectivity index (χ0) is 12.4. The summed E-state index contributed by atoms with van der Waals surface area (Å²) in [5.41, 5.74) is 0.531. The molecule has 1 nitrogen and oxygen atoms in total. The molecule has 1 aliphatic rings. The van der Waals surface area contributed by atoms with Gasteiger partial charge < -0.3 is 5.32 Å². The monoisotopic (exact) mass is 255 g/mol. The Bertz CT molecular complexity index is 394. The van der Waals surface area contributed by atoms with Gasteiger partial charge in [0.2, 0.25) is 0 Å². The van der Waals surface area contributed by atoms with Crippen LogP contribution in [0.4, 0.5) is 10.1 Å². The fourth-order valence-corrected chi connectivity index (χ4v) is 2.77. The second-order valence-electron chi connectivity index (χ2n) is 5.14. The maximum Gasteiger partial charge on any atom is 0.146 e. The lowest BCUT2D eigenvalue weighted by atomic mass is 9.78. The minimum absolute atomic E-state index is 0.222. The molecule has 3 atom stereocenters. The van der Waals surface area contributed by atoms with Gasteiger partial charge in [0.1, 0.15) is 5.82 Å². The van der Waals surface area contributed by atoms with E-state index in [-0.39, 0.29) is 5.82 Å². The minimum atomic E-state index is -0.222. The highest BCUT2D eigenvalue weighted by atomic mass is 35.5. The molecule has 0 heterocycles. The van der Waals surface area contributed by atoms with Crippen LogP contribution < -0.4 is 5.32 Å². The van der Waals surface area contributed by atoms with E-state index in [0.29, 0.717) is 28.6 Å². The number of hydrogen-bond acceptors (Lipinski definition) is 1. The topological polar surface area (TPSA) is 12.0 Å². The van der Waals surface area contributed by atoms with Crippen molar-refractivity contribution in [2.75, 3.05) is 5.32 Å². The number of rotatable bonds is 2. The molecule has 17 heavy (non-hydrogen) atoms. The van der Waals surface area contributed by atoms with Crippen LogP contribution in [0.3, 0.4) is 0 Å². The fraction of sp³-hybridized carbons (Fsp3) is 0.571. The second-order valence-corrected chi connectivity index (χ2v) is 5.58. The molecular weight excluding hydrogens is 237 g/mol. The predicted octanol–water partition coefficient (Wildman–Crippen LogP) is 4.72. The molecule has 3 unspecified atom stereocenters. The van der Waals surface area contributed by atoms with Gasteiger partial charge in [-0.15, -0.1) is 0 Å². The van der Waals surface area contributed by atoms with Crippen molar-refractivity contribution in [1.29, 1.82) is 0 Å². The summed E-state index contributed by atoms with van der Waals surface area (Å²) in [7, 11) is 0. The van der Waals surface area contributed by atoms with Crippen LogP contribution in [0.2, 0.25) is 5.02 Å². The molecule has 1 aromatic rings. The molecule has 0 saturated heterocycles. The summed E-state index contributed by atoms with van der Waals surface area (Å²) in [4.78, 5) is 0. The Morgan fingerprint density at radius 1 is 1.29 bits per heavy atom. The third-order valence-electron chi connectivity index (χ3n) is 3.98. The smallest absolute Gasteiger partial charge is 0.146 e. The SMILES string of the molecule is CC1CCCC(Nc2cc(Cl)ccc2F)C1C. The van der Waals surface area contributed by atoms with Crippen molar-refractivity contribution < 1.29 is 4.39 Å². The minimum Gasteiger partial charge on any atom is -0.380 e. The normalized spacial score (nSPS) is 29.1. The third kappa shape index (κ3) is 2.92. The molecule has 0 amide bonds. The molecule has 1 fully saturated rings.